The van der Waals surface area contributed by atoms with Crippen LogP contribution in [0.3, 0.4) is 0 Å². The van der Waals surface area contributed by atoms with Gasteiger partial charge in [-0.25, -0.2) is 19.0 Å². The maximum Gasteiger partial charge on any atom is 0.241 e. The smallest absolute Gasteiger partial charge is 0.241 e. The van der Waals surface area contributed by atoms with Crippen molar-refractivity contribution in [3.63, 3.8) is 0 Å². The summed E-state index contributed by atoms with van der Waals surface area (Å²) in [5, 5.41) is 1.60. The zero-order valence-corrected chi connectivity index (χ0v) is 17.7. The number of nitrogens with one attached hydrogen (secondary N) is 2. The third kappa shape index (κ3) is 6.01. The summed E-state index contributed by atoms with van der Waals surface area (Å²) in [6, 6.07) is 11.0. The minimum absolute atomic E-state index is 0.211. The van der Waals surface area contributed by atoms with Gasteiger partial charge in [0.05, 0.1) is 4.90 Å². The summed E-state index contributed by atoms with van der Waals surface area (Å²) >= 11 is 0. The molecule has 0 aliphatic carbocycles. The summed E-state index contributed by atoms with van der Waals surface area (Å²) in [7, 11) is 3.28. The Balaban J connectivity index is 1.99. The maximum absolute atomic E-state index is 12.7. The van der Waals surface area contributed by atoms with Crippen LogP contribution < -0.4 is 20.9 Å². The Bertz CT molecular complexity index is 888. The number of hydrazine groups is 1. The Morgan fingerprint density at radius 3 is 2.44 bits per heavy atom. The van der Waals surface area contributed by atoms with Gasteiger partial charge in [-0.15, -0.1) is 0 Å². The van der Waals surface area contributed by atoms with E-state index < -0.39 is 10.0 Å². The van der Waals surface area contributed by atoms with Crippen LogP contribution in [0.5, 0.6) is 0 Å². The van der Waals surface area contributed by atoms with Crippen molar-refractivity contribution in [2.24, 2.45) is 5.84 Å². The average Bonchev–Trinajstić information content (AvgIpc) is 2.65. The summed E-state index contributed by atoms with van der Waals surface area (Å²) in [6.07, 6.45) is 0.337. The van der Waals surface area contributed by atoms with E-state index in [0.29, 0.717) is 29.9 Å². The SMILES string of the molecule is CN(C)c1cccc2c(S(=O)(=O)NCCSSCCC(=O)NN)cccc12. The molecule has 10 heteroatoms. The molecule has 7 nitrogen and oxygen atoms in total. The number of rotatable bonds is 10. The molecule has 0 aliphatic heterocycles. The van der Waals surface area contributed by atoms with Gasteiger partial charge < -0.3 is 4.90 Å². The highest BCUT2D eigenvalue weighted by Gasteiger charge is 2.18. The first-order chi connectivity index (χ1) is 12.9. The molecule has 0 unspecified atom stereocenters. The van der Waals surface area contributed by atoms with Crippen LogP contribution in [0.25, 0.3) is 10.8 Å². The average molecular weight is 429 g/mol. The minimum Gasteiger partial charge on any atom is -0.377 e. The van der Waals surface area contributed by atoms with Gasteiger partial charge in [0.2, 0.25) is 15.9 Å². The molecule has 0 saturated carbocycles. The van der Waals surface area contributed by atoms with Gasteiger partial charge in [0.15, 0.2) is 0 Å². The predicted molar refractivity (Wildman–Crippen MR) is 115 cm³/mol. The highest BCUT2D eigenvalue weighted by Crippen LogP contribution is 2.30. The maximum atomic E-state index is 12.7. The lowest BCUT2D eigenvalue weighted by Crippen LogP contribution is -2.30. The number of carbonyl (C=O) groups is 1. The molecule has 2 aromatic rings. The van der Waals surface area contributed by atoms with E-state index in [9.17, 15) is 13.2 Å². The predicted octanol–water partition coefficient (Wildman–Crippen LogP) is 1.95. The van der Waals surface area contributed by atoms with Crippen LogP contribution in [0.4, 0.5) is 5.69 Å². The Labute approximate surface area is 167 Å². The molecular weight excluding hydrogens is 404 g/mol. The fourth-order valence-corrected chi connectivity index (χ4v) is 5.79. The third-order valence-corrected chi connectivity index (χ3v) is 7.69. The van der Waals surface area contributed by atoms with Gasteiger partial charge >= 0.3 is 0 Å². The Morgan fingerprint density at radius 1 is 1.07 bits per heavy atom. The number of amides is 1. The highest BCUT2D eigenvalue weighted by atomic mass is 33.1. The Kier molecular flexibility index (Phi) is 8.24. The topological polar surface area (TPSA) is 105 Å². The van der Waals surface area contributed by atoms with E-state index in [-0.39, 0.29) is 10.8 Å². The van der Waals surface area contributed by atoms with Gasteiger partial charge in [-0.2, -0.15) is 0 Å². The molecule has 0 saturated heterocycles. The summed E-state index contributed by atoms with van der Waals surface area (Å²) < 4.78 is 28.1. The van der Waals surface area contributed by atoms with Crippen molar-refractivity contribution in [2.75, 3.05) is 37.0 Å². The van der Waals surface area contributed by atoms with E-state index in [1.54, 1.807) is 12.1 Å². The van der Waals surface area contributed by atoms with Gasteiger partial charge in [-0.05, 0) is 12.1 Å². The van der Waals surface area contributed by atoms with Crippen molar-refractivity contribution in [3.8, 4) is 0 Å². The van der Waals surface area contributed by atoms with Crippen LogP contribution >= 0.6 is 21.6 Å². The third-order valence-electron chi connectivity index (χ3n) is 3.76. The first-order valence-electron chi connectivity index (χ1n) is 8.29. The fourth-order valence-electron chi connectivity index (χ4n) is 2.51. The zero-order chi connectivity index (χ0) is 19.9. The summed E-state index contributed by atoms with van der Waals surface area (Å²) in [5.41, 5.74) is 3.04. The molecule has 1 amide bonds. The monoisotopic (exact) mass is 428 g/mol. The molecule has 27 heavy (non-hydrogen) atoms. The molecule has 0 aliphatic rings. The van der Waals surface area contributed by atoms with Crippen molar-refractivity contribution in [2.45, 2.75) is 11.3 Å². The lowest BCUT2D eigenvalue weighted by atomic mass is 10.1. The molecule has 0 heterocycles. The standard InChI is InChI=1S/C17H24N4O3S3/c1-21(2)15-7-3-6-14-13(15)5-4-8-16(14)27(23,24)19-10-12-26-25-11-9-17(22)20-18/h3-8,19H,9-12,18H2,1-2H3,(H,20,22). The van der Waals surface area contributed by atoms with E-state index in [1.807, 2.05) is 43.3 Å². The summed E-state index contributed by atoms with van der Waals surface area (Å²) in [4.78, 5) is 13.3. The number of benzene rings is 2. The van der Waals surface area contributed by atoms with Crippen LogP contribution in [0.1, 0.15) is 6.42 Å². The van der Waals surface area contributed by atoms with Gasteiger partial charge in [-0.1, -0.05) is 45.9 Å². The molecule has 0 aromatic heterocycles. The van der Waals surface area contributed by atoms with E-state index in [0.717, 1.165) is 11.1 Å². The quantitative estimate of drug-likeness (QED) is 0.175. The summed E-state index contributed by atoms with van der Waals surface area (Å²) in [6.45, 7) is 0.312. The zero-order valence-electron chi connectivity index (χ0n) is 15.3. The molecule has 4 N–H and O–H groups in total. The second-order valence-corrected chi connectivity index (χ2v) is 10.3. The Hall–Kier alpha value is -1.46. The van der Waals surface area contributed by atoms with Crippen molar-refractivity contribution in [1.82, 2.24) is 10.1 Å². The number of anilines is 1. The van der Waals surface area contributed by atoms with Crippen LogP contribution in [0, 0.1) is 0 Å². The van der Waals surface area contributed by atoms with Gasteiger partial charge in [-0.3, -0.25) is 10.2 Å². The second-order valence-electron chi connectivity index (χ2n) is 5.88. The number of fused-ring (bicyclic) bond motifs is 1. The van der Waals surface area contributed by atoms with Crippen molar-refractivity contribution in [1.29, 1.82) is 0 Å². The number of carbonyl (C=O) groups excluding carboxylic acids is 1. The second kappa shape index (κ2) is 10.2. The van der Waals surface area contributed by atoms with E-state index in [2.05, 4.69) is 10.1 Å². The number of hydrogen-bond donors (Lipinski definition) is 3. The van der Waals surface area contributed by atoms with Gasteiger partial charge in [0, 0.05) is 55.0 Å². The number of nitrogens with zero attached hydrogens (tertiary/aromatic N) is 1. The fraction of sp³-hybridized carbons (Fsp3) is 0.353. The minimum atomic E-state index is -3.61. The number of sulfonamides is 1. The first-order valence-corrected chi connectivity index (χ1v) is 12.3. The molecule has 148 valence electrons. The largest absolute Gasteiger partial charge is 0.377 e. The molecule has 2 aromatic carbocycles. The highest BCUT2D eigenvalue weighted by molar-refractivity contribution is 8.76. The molecule has 0 bridgehead atoms. The number of hydrogen-bond acceptors (Lipinski definition) is 7. The van der Waals surface area contributed by atoms with E-state index >= 15 is 0 Å². The lowest BCUT2D eigenvalue weighted by molar-refractivity contribution is -0.120. The Morgan fingerprint density at radius 2 is 1.74 bits per heavy atom. The molecule has 0 atom stereocenters. The van der Waals surface area contributed by atoms with Crippen molar-refractivity contribution >= 4 is 54.0 Å². The van der Waals surface area contributed by atoms with Crippen LogP contribution in [0.2, 0.25) is 0 Å². The molecule has 2 rings (SSSR count). The molecule has 0 radical (unpaired) electrons. The summed E-state index contributed by atoms with van der Waals surface area (Å²) in [5.74, 6) is 6.02. The molecular formula is C17H24N4O3S3. The van der Waals surface area contributed by atoms with E-state index in [4.69, 9.17) is 5.84 Å². The van der Waals surface area contributed by atoms with E-state index in [1.165, 1.54) is 21.6 Å². The normalized spacial score (nSPS) is 11.5. The van der Waals surface area contributed by atoms with Crippen molar-refractivity contribution in [3.05, 3.63) is 36.4 Å². The van der Waals surface area contributed by atoms with Crippen molar-refractivity contribution < 1.29 is 13.2 Å². The molecule has 0 spiro atoms. The van der Waals surface area contributed by atoms with Crippen LogP contribution in [0.15, 0.2) is 41.3 Å². The van der Waals surface area contributed by atoms with Gasteiger partial charge in [0.25, 0.3) is 0 Å². The molecule has 0 fully saturated rings. The van der Waals surface area contributed by atoms with Crippen LogP contribution in [-0.4, -0.2) is 46.5 Å². The van der Waals surface area contributed by atoms with Gasteiger partial charge in [0.1, 0.15) is 0 Å². The van der Waals surface area contributed by atoms with Crippen LogP contribution in [-0.2, 0) is 14.8 Å². The number of nitrogens with two attached hydrogens (primary N) is 1. The first kappa shape index (κ1) is 21.8. The lowest BCUT2D eigenvalue weighted by Gasteiger charge is -2.17.